The first kappa shape index (κ1) is 20.5. The van der Waals surface area contributed by atoms with E-state index in [0.29, 0.717) is 5.92 Å². The molecule has 2 aromatic rings. The number of allylic oxidation sites excluding steroid dienone is 4. The van der Waals surface area contributed by atoms with Crippen LogP contribution in [0.3, 0.4) is 0 Å². The van der Waals surface area contributed by atoms with E-state index in [2.05, 4.69) is 96.2 Å². The Morgan fingerprint density at radius 3 is 1.63 bits per heavy atom. The van der Waals surface area contributed by atoms with Crippen molar-refractivity contribution in [2.45, 2.75) is 64.7 Å². The fourth-order valence-electron chi connectivity index (χ4n) is 4.15. The molecule has 138 valence electrons. The summed E-state index contributed by atoms with van der Waals surface area (Å²) in [5.41, 5.74) is 10.2. The van der Waals surface area contributed by atoms with Crippen molar-refractivity contribution < 1.29 is 26.2 Å². The van der Waals surface area contributed by atoms with Gasteiger partial charge in [0.1, 0.15) is 0 Å². The van der Waals surface area contributed by atoms with Crippen molar-refractivity contribution >= 4 is 0 Å². The van der Waals surface area contributed by atoms with Crippen LogP contribution in [0.5, 0.6) is 0 Å². The molecule has 0 radical (unpaired) electrons. The van der Waals surface area contributed by atoms with Gasteiger partial charge in [-0.15, -0.1) is 6.42 Å². The molecule has 0 bridgehead atoms. The summed E-state index contributed by atoms with van der Waals surface area (Å²) in [6.07, 6.45) is 9.05. The number of hydrogen-bond donors (Lipinski definition) is 0. The van der Waals surface area contributed by atoms with Crippen LogP contribution in [0.15, 0.2) is 54.1 Å². The SMILES string of the molecule is CC(C)(C)c1ccc2c(c1)C(C1=[C-]CC=C1)c1cc(C(C)(C)C)ccc1-2.[Zr]. The van der Waals surface area contributed by atoms with E-state index in [-0.39, 0.29) is 37.0 Å². The Labute approximate surface area is 183 Å². The summed E-state index contributed by atoms with van der Waals surface area (Å²) in [6.45, 7) is 13.8. The third kappa shape index (κ3) is 3.61. The summed E-state index contributed by atoms with van der Waals surface area (Å²) < 4.78 is 0. The molecule has 2 aliphatic rings. The fraction of sp³-hybridized carbons (Fsp3) is 0.385. The zero-order valence-electron chi connectivity index (χ0n) is 17.4. The zero-order valence-corrected chi connectivity index (χ0v) is 19.9. The van der Waals surface area contributed by atoms with Crippen LogP contribution >= 0.6 is 0 Å². The molecule has 0 spiro atoms. The molecule has 0 atom stereocenters. The Bertz CT molecular complexity index is 866. The minimum Gasteiger partial charge on any atom is -0.269 e. The van der Waals surface area contributed by atoms with Crippen LogP contribution in [0, 0.1) is 6.08 Å². The third-order valence-electron chi connectivity index (χ3n) is 5.78. The van der Waals surface area contributed by atoms with Gasteiger partial charge in [0, 0.05) is 32.1 Å². The summed E-state index contributed by atoms with van der Waals surface area (Å²) in [7, 11) is 0. The van der Waals surface area contributed by atoms with Crippen LogP contribution in [0.4, 0.5) is 0 Å². The molecule has 0 aromatic heterocycles. The standard InChI is InChI=1S/C26H29.Zr/c1-25(2,3)18-11-13-20-21-14-12-19(26(4,5)6)16-23(21)24(22(20)15-18)17-9-7-8-10-17;/h7,9,11-16,24H,8H2,1-6H3;/q-1;. The van der Waals surface area contributed by atoms with E-state index in [1.807, 2.05) is 0 Å². The van der Waals surface area contributed by atoms with Crippen molar-refractivity contribution in [2.24, 2.45) is 0 Å². The molecule has 0 amide bonds. The Morgan fingerprint density at radius 1 is 0.778 bits per heavy atom. The molecule has 2 aliphatic carbocycles. The van der Waals surface area contributed by atoms with Gasteiger partial charge in [0.25, 0.3) is 0 Å². The van der Waals surface area contributed by atoms with Crippen LogP contribution < -0.4 is 0 Å². The van der Waals surface area contributed by atoms with Crippen molar-refractivity contribution in [3.63, 3.8) is 0 Å². The predicted octanol–water partition coefficient (Wildman–Crippen LogP) is 7.08. The molecule has 4 rings (SSSR count). The largest absolute Gasteiger partial charge is 0.269 e. The number of benzene rings is 2. The Balaban J connectivity index is 0.00000210. The van der Waals surface area contributed by atoms with Crippen molar-refractivity contribution in [2.75, 3.05) is 0 Å². The summed E-state index contributed by atoms with van der Waals surface area (Å²) in [6, 6.07) is 14.2. The molecule has 0 fully saturated rings. The molecule has 27 heavy (non-hydrogen) atoms. The molecule has 0 N–H and O–H groups in total. The molecule has 0 saturated heterocycles. The quantitative estimate of drug-likeness (QED) is 0.422. The molecule has 0 unspecified atom stereocenters. The maximum atomic E-state index is 3.60. The van der Waals surface area contributed by atoms with E-state index in [1.54, 1.807) is 0 Å². The Kier molecular flexibility index (Phi) is 5.32. The first-order valence-electron chi connectivity index (χ1n) is 9.73. The summed E-state index contributed by atoms with van der Waals surface area (Å²) in [4.78, 5) is 0. The Hall–Kier alpha value is -1.20. The molecular weight excluding hydrogens is 404 g/mol. The Morgan fingerprint density at radius 2 is 1.26 bits per heavy atom. The maximum absolute atomic E-state index is 3.60. The van der Waals surface area contributed by atoms with Gasteiger partial charge in [0.15, 0.2) is 0 Å². The second-order valence-electron chi connectivity index (χ2n) is 9.78. The van der Waals surface area contributed by atoms with Gasteiger partial charge in [-0.3, -0.25) is 6.08 Å². The molecule has 0 heterocycles. The van der Waals surface area contributed by atoms with Crippen LogP contribution in [-0.4, -0.2) is 0 Å². The smallest absolute Gasteiger partial charge is 0.00197 e. The van der Waals surface area contributed by atoms with Gasteiger partial charge in [-0.05, 0) is 44.2 Å². The molecule has 0 saturated carbocycles. The van der Waals surface area contributed by atoms with E-state index in [1.165, 1.54) is 39.0 Å². The van der Waals surface area contributed by atoms with E-state index < -0.39 is 0 Å². The van der Waals surface area contributed by atoms with E-state index in [4.69, 9.17) is 0 Å². The minimum atomic E-state index is 0. The number of fused-ring (bicyclic) bond motifs is 3. The molecule has 0 aliphatic heterocycles. The minimum absolute atomic E-state index is 0. The normalized spacial score (nSPS) is 16.0. The second kappa shape index (κ2) is 7.00. The molecular formula is C26H29Zr-. The predicted molar refractivity (Wildman–Crippen MR) is 112 cm³/mol. The maximum Gasteiger partial charge on any atom is 0.00197 e. The van der Waals surface area contributed by atoms with Gasteiger partial charge >= 0.3 is 0 Å². The fourth-order valence-corrected chi connectivity index (χ4v) is 4.15. The average molecular weight is 433 g/mol. The van der Waals surface area contributed by atoms with Crippen LogP contribution in [0.2, 0.25) is 0 Å². The zero-order chi connectivity index (χ0) is 18.7. The molecule has 2 aromatic carbocycles. The van der Waals surface area contributed by atoms with Crippen molar-refractivity contribution in [3.8, 4) is 11.1 Å². The van der Waals surface area contributed by atoms with Gasteiger partial charge < -0.3 is 0 Å². The molecule has 1 heteroatoms. The van der Waals surface area contributed by atoms with Gasteiger partial charge in [-0.1, -0.05) is 77.9 Å². The first-order valence-corrected chi connectivity index (χ1v) is 9.73. The summed E-state index contributed by atoms with van der Waals surface area (Å²) >= 11 is 0. The van der Waals surface area contributed by atoms with E-state index >= 15 is 0 Å². The van der Waals surface area contributed by atoms with Gasteiger partial charge in [0.05, 0.1) is 0 Å². The van der Waals surface area contributed by atoms with E-state index in [0.717, 1.165) is 6.42 Å². The molecule has 0 nitrogen and oxygen atoms in total. The van der Waals surface area contributed by atoms with Gasteiger partial charge in [0.2, 0.25) is 0 Å². The van der Waals surface area contributed by atoms with Crippen molar-refractivity contribution in [1.29, 1.82) is 0 Å². The second-order valence-corrected chi connectivity index (χ2v) is 9.78. The van der Waals surface area contributed by atoms with Crippen molar-refractivity contribution in [3.05, 3.63) is 82.5 Å². The number of hydrogen-bond acceptors (Lipinski definition) is 0. The number of rotatable bonds is 1. The topological polar surface area (TPSA) is 0 Å². The first-order chi connectivity index (χ1) is 12.2. The van der Waals surface area contributed by atoms with E-state index in [9.17, 15) is 0 Å². The van der Waals surface area contributed by atoms with Crippen LogP contribution in [0.1, 0.15) is 76.1 Å². The van der Waals surface area contributed by atoms with Gasteiger partial charge in [-0.2, -0.15) is 6.08 Å². The monoisotopic (exact) mass is 431 g/mol. The van der Waals surface area contributed by atoms with Crippen LogP contribution in [-0.2, 0) is 37.0 Å². The van der Waals surface area contributed by atoms with Gasteiger partial charge in [-0.25, -0.2) is 11.6 Å². The van der Waals surface area contributed by atoms with Crippen LogP contribution in [0.25, 0.3) is 11.1 Å². The third-order valence-corrected chi connectivity index (χ3v) is 5.78. The van der Waals surface area contributed by atoms with Crippen molar-refractivity contribution in [1.82, 2.24) is 0 Å². The summed E-state index contributed by atoms with van der Waals surface area (Å²) in [5, 5.41) is 0. The average Bonchev–Trinajstić information content (AvgIpc) is 3.17. The summed E-state index contributed by atoms with van der Waals surface area (Å²) in [5.74, 6) is 0.323.